The Bertz CT molecular complexity index is 1200. The van der Waals surface area contributed by atoms with E-state index in [1.807, 2.05) is 6.92 Å². The van der Waals surface area contributed by atoms with Crippen molar-refractivity contribution in [3.05, 3.63) is 71.4 Å². The zero-order valence-electron chi connectivity index (χ0n) is 14.8. The second kappa shape index (κ2) is 7.31. The lowest BCUT2D eigenvalue weighted by Crippen LogP contribution is -2.21. The van der Waals surface area contributed by atoms with Gasteiger partial charge in [0.15, 0.2) is 11.3 Å². The largest absolute Gasteiger partial charge is 0.490 e. The summed E-state index contributed by atoms with van der Waals surface area (Å²) < 4.78 is 12.5. The average Bonchev–Trinajstić information content (AvgIpc) is 3.23. The smallest absolute Gasteiger partial charge is 0.349 e. The summed E-state index contributed by atoms with van der Waals surface area (Å²) in [5.41, 5.74) is -0.597. The van der Waals surface area contributed by atoms with E-state index in [2.05, 4.69) is 20.3 Å². The molecule has 0 bridgehead atoms. The number of nitrogens with one attached hydrogen (secondary N) is 1. The van der Waals surface area contributed by atoms with E-state index in [0.29, 0.717) is 29.1 Å². The van der Waals surface area contributed by atoms with Crippen LogP contribution in [0.2, 0.25) is 0 Å². The topological polar surface area (TPSA) is 112 Å². The molecule has 9 nitrogen and oxygen atoms in total. The van der Waals surface area contributed by atoms with Crippen LogP contribution in [0.1, 0.15) is 17.3 Å². The summed E-state index contributed by atoms with van der Waals surface area (Å²) in [5.74, 6) is 0.582. The molecule has 0 atom stereocenters. The molecular formula is C19H15N5O4. The van der Waals surface area contributed by atoms with Crippen molar-refractivity contribution in [2.75, 3.05) is 11.9 Å². The summed E-state index contributed by atoms with van der Waals surface area (Å²) in [4.78, 5) is 37.0. The Morgan fingerprint density at radius 3 is 2.96 bits per heavy atom. The van der Waals surface area contributed by atoms with Gasteiger partial charge in [0, 0.05) is 23.8 Å². The first-order valence-corrected chi connectivity index (χ1v) is 8.47. The first kappa shape index (κ1) is 17.4. The van der Waals surface area contributed by atoms with Gasteiger partial charge < -0.3 is 14.5 Å². The molecule has 1 N–H and O–H groups in total. The van der Waals surface area contributed by atoms with Crippen LogP contribution in [0.5, 0.6) is 5.75 Å². The SMILES string of the molecule is CCOc1cccc2cc(C(=O)Nc3cc(-n4ccnc4)ncn3)c(=O)oc12. The van der Waals surface area contributed by atoms with Crippen molar-refractivity contribution in [2.45, 2.75) is 6.92 Å². The minimum absolute atomic E-state index is 0.135. The van der Waals surface area contributed by atoms with Crippen LogP contribution in [0.4, 0.5) is 5.82 Å². The maximum Gasteiger partial charge on any atom is 0.349 e. The lowest BCUT2D eigenvalue weighted by atomic mass is 10.1. The third-order valence-corrected chi connectivity index (χ3v) is 3.93. The van der Waals surface area contributed by atoms with E-state index in [1.165, 1.54) is 12.4 Å². The van der Waals surface area contributed by atoms with E-state index >= 15 is 0 Å². The maximum absolute atomic E-state index is 12.6. The molecule has 0 saturated carbocycles. The van der Waals surface area contributed by atoms with Crippen molar-refractivity contribution >= 4 is 22.7 Å². The van der Waals surface area contributed by atoms with Gasteiger partial charge in [-0.1, -0.05) is 12.1 Å². The van der Waals surface area contributed by atoms with Gasteiger partial charge in [0.25, 0.3) is 5.91 Å². The first-order valence-electron chi connectivity index (χ1n) is 8.47. The van der Waals surface area contributed by atoms with Gasteiger partial charge >= 0.3 is 5.63 Å². The van der Waals surface area contributed by atoms with Crippen LogP contribution < -0.4 is 15.7 Å². The molecule has 1 aromatic carbocycles. The fourth-order valence-corrected chi connectivity index (χ4v) is 2.68. The van der Waals surface area contributed by atoms with Gasteiger partial charge in [-0.3, -0.25) is 9.36 Å². The molecule has 28 heavy (non-hydrogen) atoms. The standard InChI is InChI=1S/C19H15N5O4/c1-2-27-14-5-3-4-12-8-13(19(26)28-17(12)14)18(25)23-15-9-16(22-10-21-15)24-7-6-20-11-24/h3-11H,2H2,1H3,(H,21,22,23,25). The van der Waals surface area contributed by atoms with Crippen LogP contribution in [0, 0.1) is 0 Å². The van der Waals surface area contributed by atoms with Gasteiger partial charge in [-0.15, -0.1) is 0 Å². The van der Waals surface area contributed by atoms with E-state index in [9.17, 15) is 9.59 Å². The number of imidazole rings is 1. The van der Waals surface area contributed by atoms with Crippen molar-refractivity contribution in [2.24, 2.45) is 0 Å². The third-order valence-electron chi connectivity index (χ3n) is 3.93. The highest BCUT2D eigenvalue weighted by Crippen LogP contribution is 2.25. The summed E-state index contributed by atoms with van der Waals surface area (Å²) >= 11 is 0. The Morgan fingerprint density at radius 1 is 1.29 bits per heavy atom. The Kier molecular flexibility index (Phi) is 4.55. The number of hydrogen-bond donors (Lipinski definition) is 1. The number of fused-ring (bicyclic) bond motifs is 1. The van der Waals surface area contributed by atoms with Crippen molar-refractivity contribution in [1.82, 2.24) is 19.5 Å². The summed E-state index contributed by atoms with van der Waals surface area (Å²) in [6.45, 7) is 2.26. The van der Waals surface area contributed by atoms with Crippen molar-refractivity contribution in [3.63, 3.8) is 0 Å². The van der Waals surface area contributed by atoms with Gasteiger partial charge in [-0.25, -0.2) is 19.7 Å². The van der Waals surface area contributed by atoms with Gasteiger partial charge in [-0.2, -0.15) is 0 Å². The molecule has 4 aromatic rings. The average molecular weight is 377 g/mol. The van der Waals surface area contributed by atoms with Crippen molar-refractivity contribution < 1.29 is 13.9 Å². The summed E-state index contributed by atoms with van der Waals surface area (Å²) in [5, 5.41) is 3.17. The number of amides is 1. The maximum atomic E-state index is 12.6. The van der Waals surface area contributed by atoms with E-state index in [-0.39, 0.29) is 11.4 Å². The highest BCUT2D eigenvalue weighted by atomic mass is 16.5. The van der Waals surface area contributed by atoms with Gasteiger partial charge in [0.2, 0.25) is 0 Å². The molecular weight excluding hydrogens is 362 g/mol. The van der Waals surface area contributed by atoms with Gasteiger partial charge in [0.05, 0.1) is 6.61 Å². The summed E-state index contributed by atoms with van der Waals surface area (Å²) in [6, 6.07) is 8.23. The number of benzene rings is 1. The quantitative estimate of drug-likeness (QED) is 0.532. The van der Waals surface area contributed by atoms with Crippen LogP contribution in [-0.4, -0.2) is 32.0 Å². The molecule has 0 aliphatic carbocycles. The van der Waals surface area contributed by atoms with Crippen LogP contribution >= 0.6 is 0 Å². The molecule has 3 aromatic heterocycles. The molecule has 0 fully saturated rings. The number of para-hydroxylation sites is 1. The van der Waals surface area contributed by atoms with Crippen LogP contribution in [0.15, 0.2) is 64.6 Å². The molecule has 0 aliphatic heterocycles. The third kappa shape index (κ3) is 3.32. The molecule has 0 radical (unpaired) electrons. The Balaban J connectivity index is 1.65. The molecule has 3 heterocycles. The monoisotopic (exact) mass is 377 g/mol. The summed E-state index contributed by atoms with van der Waals surface area (Å²) in [7, 11) is 0. The second-order valence-corrected chi connectivity index (χ2v) is 5.74. The predicted octanol–water partition coefficient (Wildman–Crippen LogP) is 2.42. The molecule has 9 heteroatoms. The molecule has 140 valence electrons. The fraction of sp³-hybridized carbons (Fsp3) is 0.105. The van der Waals surface area contributed by atoms with Gasteiger partial charge in [0.1, 0.15) is 29.9 Å². The van der Waals surface area contributed by atoms with Crippen molar-refractivity contribution in [1.29, 1.82) is 0 Å². The number of ether oxygens (including phenoxy) is 1. The molecule has 1 amide bonds. The molecule has 4 rings (SSSR count). The molecule has 0 saturated heterocycles. The number of carbonyl (C=O) groups is 1. The minimum Gasteiger partial charge on any atom is -0.490 e. The first-order chi connectivity index (χ1) is 13.7. The normalized spacial score (nSPS) is 10.8. The Labute approximate surface area is 158 Å². The summed E-state index contributed by atoms with van der Waals surface area (Å²) in [6.07, 6.45) is 6.20. The molecule has 0 unspecified atom stereocenters. The number of anilines is 1. The van der Waals surface area contributed by atoms with Crippen molar-refractivity contribution in [3.8, 4) is 11.6 Å². The van der Waals surface area contributed by atoms with Crippen LogP contribution in [0.25, 0.3) is 16.8 Å². The number of nitrogens with zero attached hydrogens (tertiary/aromatic N) is 4. The molecule has 0 spiro atoms. The lowest BCUT2D eigenvalue weighted by Gasteiger charge is -2.08. The van der Waals surface area contributed by atoms with E-state index < -0.39 is 11.5 Å². The van der Waals surface area contributed by atoms with E-state index in [4.69, 9.17) is 9.15 Å². The fourth-order valence-electron chi connectivity index (χ4n) is 2.68. The minimum atomic E-state index is -0.763. The lowest BCUT2D eigenvalue weighted by molar-refractivity contribution is 0.102. The van der Waals surface area contributed by atoms with E-state index in [1.54, 1.807) is 47.6 Å². The van der Waals surface area contributed by atoms with Crippen LogP contribution in [-0.2, 0) is 0 Å². The molecule has 0 aliphatic rings. The van der Waals surface area contributed by atoms with Gasteiger partial charge in [-0.05, 0) is 19.1 Å². The number of aromatic nitrogens is 4. The van der Waals surface area contributed by atoms with Crippen LogP contribution in [0.3, 0.4) is 0 Å². The number of carbonyl (C=O) groups excluding carboxylic acids is 1. The van der Waals surface area contributed by atoms with E-state index in [0.717, 1.165) is 0 Å². The number of hydrogen-bond acceptors (Lipinski definition) is 7. The Morgan fingerprint density at radius 2 is 2.18 bits per heavy atom. The zero-order valence-corrected chi connectivity index (χ0v) is 14.8. The highest BCUT2D eigenvalue weighted by molar-refractivity contribution is 6.05. The Hall–Kier alpha value is -4.01. The zero-order chi connectivity index (χ0) is 19.5. The second-order valence-electron chi connectivity index (χ2n) is 5.74. The number of rotatable bonds is 5. The predicted molar refractivity (Wildman–Crippen MR) is 101 cm³/mol. The highest BCUT2D eigenvalue weighted by Gasteiger charge is 2.16.